The lowest BCUT2D eigenvalue weighted by molar-refractivity contribution is -0.126. The minimum atomic E-state index is -1.03. The smallest absolute Gasteiger partial charge is 0.244 e. The lowest BCUT2D eigenvalue weighted by Gasteiger charge is -2.24. The summed E-state index contributed by atoms with van der Waals surface area (Å²) in [4.78, 5) is 12.3. The minimum Gasteiger partial charge on any atom is -0.494 e. The van der Waals surface area contributed by atoms with Crippen molar-refractivity contribution in [1.29, 1.82) is 0 Å². The van der Waals surface area contributed by atoms with E-state index in [1.807, 2.05) is 61.5 Å². The molecule has 130 valence electrons. The molecule has 1 unspecified atom stereocenters. The first-order valence-electron chi connectivity index (χ1n) is 7.82. The van der Waals surface area contributed by atoms with Crippen molar-refractivity contribution in [3.8, 4) is 5.75 Å². The number of benzene rings is 2. The standard InChI is InChI=1S/C19H24N2O2.ClH/c1-15-9-11-17(12-10-15)23-14-6-13-21-18(22)19(2,20)16-7-4-3-5-8-16;/h3-5,7-12H,6,13-14,20H2,1-2H3,(H,21,22);1H. The number of hydrogen-bond acceptors (Lipinski definition) is 3. The molecule has 1 atom stereocenters. The number of amides is 1. The predicted octanol–water partition coefficient (Wildman–Crippen LogP) is 3.18. The van der Waals surface area contributed by atoms with Crippen LogP contribution in [0.15, 0.2) is 54.6 Å². The molecule has 1 amide bonds. The van der Waals surface area contributed by atoms with Crippen LogP contribution in [0.5, 0.6) is 5.75 Å². The molecule has 0 saturated heterocycles. The average molecular weight is 349 g/mol. The third-order valence-corrected chi connectivity index (χ3v) is 3.74. The van der Waals surface area contributed by atoms with Crippen LogP contribution in [0.4, 0.5) is 0 Å². The molecule has 0 aliphatic heterocycles. The normalized spacial score (nSPS) is 12.6. The van der Waals surface area contributed by atoms with Gasteiger partial charge in [-0.2, -0.15) is 0 Å². The average Bonchev–Trinajstić information content (AvgIpc) is 2.57. The molecule has 0 aliphatic carbocycles. The largest absolute Gasteiger partial charge is 0.494 e. The van der Waals surface area contributed by atoms with Crippen LogP contribution in [-0.2, 0) is 10.3 Å². The van der Waals surface area contributed by atoms with E-state index < -0.39 is 5.54 Å². The van der Waals surface area contributed by atoms with Crippen LogP contribution in [-0.4, -0.2) is 19.1 Å². The van der Waals surface area contributed by atoms with Gasteiger partial charge in [-0.25, -0.2) is 0 Å². The highest BCUT2D eigenvalue weighted by molar-refractivity contribution is 5.86. The molecule has 0 radical (unpaired) electrons. The first-order valence-corrected chi connectivity index (χ1v) is 7.82. The lowest BCUT2D eigenvalue weighted by atomic mass is 9.92. The quantitative estimate of drug-likeness (QED) is 0.755. The summed E-state index contributed by atoms with van der Waals surface area (Å²) in [6, 6.07) is 17.3. The van der Waals surface area contributed by atoms with Crippen LogP contribution in [0.1, 0.15) is 24.5 Å². The van der Waals surface area contributed by atoms with E-state index in [1.165, 1.54) is 5.56 Å². The minimum absolute atomic E-state index is 0. The van der Waals surface area contributed by atoms with Gasteiger partial charge in [0.05, 0.1) is 6.61 Å². The summed E-state index contributed by atoms with van der Waals surface area (Å²) in [6.45, 7) is 4.84. The van der Waals surface area contributed by atoms with E-state index in [0.29, 0.717) is 13.2 Å². The molecule has 0 bridgehead atoms. The van der Waals surface area contributed by atoms with Gasteiger partial charge in [0.2, 0.25) is 5.91 Å². The van der Waals surface area contributed by atoms with Crippen molar-refractivity contribution in [3.63, 3.8) is 0 Å². The van der Waals surface area contributed by atoms with Gasteiger partial charge in [-0.05, 0) is 38.0 Å². The highest BCUT2D eigenvalue weighted by Crippen LogP contribution is 2.17. The molecule has 0 saturated carbocycles. The first-order chi connectivity index (χ1) is 11.0. The fourth-order valence-corrected chi connectivity index (χ4v) is 2.20. The molecule has 0 aromatic heterocycles. The molecule has 0 aliphatic rings. The van der Waals surface area contributed by atoms with E-state index in [4.69, 9.17) is 10.5 Å². The molecule has 4 nitrogen and oxygen atoms in total. The zero-order valence-electron chi connectivity index (χ0n) is 14.1. The Labute approximate surface area is 149 Å². The fourth-order valence-electron chi connectivity index (χ4n) is 2.20. The van der Waals surface area contributed by atoms with E-state index in [1.54, 1.807) is 6.92 Å². The van der Waals surface area contributed by atoms with Crippen LogP contribution in [0.2, 0.25) is 0 Å². The number of nitrogens with one attached hydrogen (secondary N) is 1. The summed E-state index contributed by atoms with van der Waals surface area (Å²) in [5.41, 5.74) is 7.13. The van der Waals surface area contributed by atoms with Crippen molar-refractivity contribution < 1.29 is 9.53 Å². The highest BCUT2D eigenvalue weighted by atomic mass is 35.5. The van der Waals surface area contributed by atoms with Gasteiger partial charge < -0.3 is 15.8 Å². The van der Waals surface area contributed by atoms with Crippen molar-refractivity contribution in [2.75, 3.05) is 13.2 Å². The number of aryl methyl sites for hydroxylation is 1. The van der Waals surface area contributed by atoms with Crippen LogP contribution in [0.25, 0.3) is 0 Å². The van der Waals surface area contributed by atoms with Gasteiger partial charge in [0.25, 0.3) is 0 Å². The van der Waals surface area contributed by atoms with E-state index in [2.05, 4.69) is 5.32 Å². The Morgan fingerprint density at radius 3 is 2.38 bits per heavy atom. The van der Waals surface area contributed by atoms with Crippen LogP contribution in [0.3, 0.4) is 0 Å². The predicted molar refractivity (Wildman–Crippen MR) is 99.5 cm³/mol. The second-order valence-corrected chi connectivity index (χ2v) is 5.84. The third kappa shape index (κ3) is 5.55. The maximum Gasteiger partial charge on any atom is 0.244 e. The number of carbonyl (C=O) groups excluding carboxylic acids is 1. The molecule has 3 N–H and O–H groups in total. The van der Waals surface area contributed by atoms with Crippen LogP contribution >= 0.6 is 12.4 Å². The number of rotatable bonds is 7. The van der Waals surface area contributed by atoms with E-state index in [0.717, 1.165) is 17.7 Å². The van der Waals surface area contributed by atoms with Gasteiger partial charge in [-0.3, -0.25) is 4.79 Å². The summed E-state index contributed by atoms with van der Waals surface area (Å²) < 4.78 is 5.63. The van der Waals surface area contributed by atoms with Crippen molar-refractivity contribution in [2.24, 2.45) is 5.73 Å². The van der Waals surface area contributed by atoms with Gasteiger partial charge in [0, 0.05) is 6.54 Å². The molecular weight excluding hydrogens is 324 g/mol. The second-order valence-electron chi connectivity index (χ2n) is 5.84. The summed E-state index contributed by atoms with van der Waals surface area (Å²) >= 11 is 0. The Morgan fingerprint density at radius 1 is 1.12 bits per heavy atom. The third-order valence-electron chi connectivity index (χ3n) is 3.74. The number of ether oxygens (including phenoxy) is 1. The van der Waals surface area contributed by atoms with Gasteiger partial charge in [0.1, 0.15) is 11.3 Å². The van der Waals surface area contributed by atoms with Crippen molar-refractivity contribution in [1.82, 2.24) is 5.32 Å². The first kappa shape index (κ1) is 20.0. The Bertz CT molecular complexity index is 628. The maximum atomic E-state index is 12.3. The molecule has 0 fully saturated rings. The zero-order valence-corrected chi connectivity index (χ0v) is 14.9. The summed E-state index contributed by atoms with van der Waals surface area (Å²) in [6.07, 6.45) is 0.727. The second kappa shape index (κ2) is 9.30. The monoisotopic (exact) mass is 348 g/mol. The van der Waals surface area contributed by atoms with Gasteiger partial charge >= 0.3 is 0 Å². The summed E-state index contributed by atoms with van der Waals surface area (Å²) in [5.74, 6) is 0.661. The topological polar surface area (TPSA) is 64.3 Å². The van der Waals surface area contributed by atoms with Crippen LogP contribution in [0, 0.1) is 6.92 Å². The molecule has 24 heavy (non-hydrogen) atoms. The Kier molecular flexibility index (Phi) is 7.75. The van der Waals surface area contributed by atoms with Gasteiger partial charge in [-0.1, -0.05) is 48.0 Å². The van der Waals surface area contributed by atoms with Gasteiger partial charge in [0.15, 0.2) is 0 Å². The maximum absolute atomic E-state index is 12.3. The summed E-state index contributed by atoms with van der Waals surface area (Å²) in [7, 11) is 0. The molecule has 5 heteroatoms. The molecule has 0 heterocycles. The summed E-state index contributed by atoms with van der Waals surface area (Å²) in [5, 5.41) is 2.87. The van der Waals surface area contributed by atoms with E-state index in [-0.39, 0.29) is 18.3 Å². The van der Waals surface area contributed by atoms with Crippen LogP contribution < -0.4 is 15.8 Å². The number of halogens is 1. The molecule has 0 spiro atoms. The van der Waals surface area contributed by atoms with Crippen molar-refractivity contribution >= 4 is 18.3 Å². The Morgan fingerprint density at radius 2 is 1.75 bits per heavy atom. The molecular formula is C19H25ClN2O2. The Balaban J connectivity index is 0.00000288. The highest BCUT2D eigenvalue weighted by Gasteiger charge is 2.29. The van der Waals surface area contributed by atoms with E-state index in [9.17, 15) is 4.79 Å². The van der Waals surface area contributed by atoms with E-state index >= 15 is 0 Å². The lowest BCUT2D eigenvalue weighted by Crippen LogP contribution is -2.49. The number of hydrogen-bond donors (Lipinski definition) is 2. The molecule has 2 aromatic carbocycles. The fraction of sp³-hybridized carbons (Fsp3) is 0.316. The molecule has 2 rings (SSSR count). The van der Waals surface area contributed by atoms with Crippen molar-refractivity contribution in [2.45, 2.75) is 25.8 Å². The zero-order chi connectivity index (χ0) is 16.7. The SMILES string of the molecule is Cc1ccc(OCCCNC(=O)C(C)(N)c2ccccc2)cc1.Cl. The van der Waals surface area contributed by atoms with Crippen molar-refractivity contribution in [3.05, 3.63) is 65.7 Å². The number of nitrogens with two attached hydrogens (primary N) is 1. The number of carbonyl (C=O) groups is 1. The van der Waals surface area contributed by atoms with Gasteiger partial charge in [-0.15, -0.1) is 12.4 Å². The Hall–Kier alpha value is -2.04. The molecule has 2 aromatic rings.